The standard InChI is InChI=1S/C13H14FN3O3/c1-8-3-4-10(14)5-9(8)6-17-11(7-20-2)12(13(18)19)15-16-17/h3-5H,6-7H2,1-2H3,(H,18,19). The molecule has 2 aromatic rings. The number of aromatic carboxylic acids is 1. The third-order valence-corrected chi connectivity index (χ3v) is 2.95. The molecule has 6 nitrogen and oxygen atoms in total. The zero-order valence-electron chi connectivity index (χ0n) is 11.1. The number of nitrogens with zero attached hydrogens (tertiary/aromatic N) is 3. The number of ether oxygens (including phenoxy) is 1. The third kappa shape index (κ3) is 2.83. The van der Waals surface area contributed by atoms with Crippen LogP contribution in [0.2, 0.25) is 0 Å². The molecule has 0 saturated heterocycles. The van der Waals surface area contributed by atoms with Crippen LogP contribution in [0.1, 0.15) is 27.3 Å². The molecule has 0 spiro atoms. The first-order chi connectivity index (χ1) is 9.52. The van der Waals surface area contributed by atoms with Gasteiger partial charge < -0.3 is 9.84 Å². The summed E-state index contributed by atoms with van der Waals surface area (Å²) in [5.41, 5.74) is 1.80. The van der Waals surface area contributed by atoms with E-state index in [1.165, 1.54) is 23.9 Å². The van der Waals surface area contributed by atoms with E-state index in [-0.39, 0.29) is 24.7 Å². The fourth-order valence-electron chi connectivity index (χ4n) is 1.88. The van der Waals surface area contributed by atoms with Crippen LogP contribution >= 0.6 is 0 Å². The van der Waals surface area contributed by atoms with E-state index >= 15 is 0 Å². The van der Waals surface area contributed by atoms with Gasteiger partial charge in [-0.2, -0.15) is 0 Å². The molecule has 0 radical (unpaired) electrons. The average molecular weight is 279 g/mol. The number of carbonyl (C=O) groups is 1. The van der Waals surface area contributed by atoms with E-state index in [0.29, 0.717) is 11.3 Å². The highest BCUT2D eigenvalue weighted by molar-refractivity contribution is 5.86. The van der Waals surface area contributed by atoms with Crippen LogP contribution in [0.15, 0.2) is 18.2 Å². The maximum Gasteiger partial charge on any atom is 0.358 e. The Morgan fingerprint density at radius 1 is 1.50 bits per heavy atom. The minimum Gasteiger partial charge on any atom is -0.476 e. The van der Waals surface area contributed by atoms with Gasteiger partial charge in [0.15, 0.2) is 5.69 Å². The molecule has 1 N–H and O–H groups in total. The minimum absolute atomic E-state index is 0.0724. The van der Waals surface area contributed by atoms with Crippen molar-refractivity contribution in [2.75, 3.05) is 7.11 Å². The molecule has 0 bridgehead atoms. The molecular formula is C13H14FN3O3. The molecule has 1 aromatic carbocycles. The second kappa shape index (κ2) is 5.79. The van der Waals surface area contributed by atoms with E-state index in [2.05, 4.69) is 10.3 Å². The molecule has 106 valence electrons. The predicted octanol–water partition coefficient (Wildman–Crippen LogP) is 1.62. The minimum atomic E-state index is -1.17. The topological polar surface area (TPSA) is 77.2 Å². The van der Waals surface area contributed by atoms with Crippen molar-refractivity contribution in [3.8, 4) is 0 Å². The summed E-state index contributed by atoms with van der Waals surface area (Å²) in [6, 6.07) is 4.43. The first-order valence-electron chi connectivity index (χ1n) is 5.92. The lowest BCUT2D eigenvalue weighted by molar-refractivity contribution is 0.0684. The smallest absolute Gasteiger partial charge is 0.358 e. The van der Waals surface area contributed by atoms with Crippen LogP contribution in [0.5, 0.6) is 0 Å². The van der Waals surface area contributed by atoms with E-state index in [1.807, 2.05) is 6.92 Å². The maximum absolute atomic E-state index is 13.3. The SMILES string of the molecule is COCc1c(C(=O)O)nnn1Cc1cc(F)ccc1C. The van der Waals surface area contributed by atoms with Crippen molar-refractivity contribution < 1.29 is 19.0 Å². The van der Waals surface area contributed by atoms with Gasteiger partial charge in [-0.25, -0.2) is 13.9 Å². The Labute approximate surface area is 114 Å². The summed E-state index contributed by atoms with van der Waals surface area (Å²) in [6.45, 7) is 2.16. The molecule has 0 amide bonds. The second-order valence-corrected chi connectivity index (χ2v) is 4.35. The van der Waals surface area contributed by atoms with Gasteiger partial charge >= 0.3 is 5.97 Å². The van der Waals surface area contributed by atoms with Crippen LogP contribution in [-0.4, -0.2) is 33.2 Å². The van der Waals surface area contributed by atoms with Crippen molar-refractivity contribution in [1.82, 2.24) is 15.0 Å². The monoisotopic (exact) mass is 279 g/mol. The van der Waals surface area contributed by atoms with Crippen molar-refractivity contribution in [2.45, 2.75) is 20.1 Å². The molecule has 0 atom stereocenters. The van der Waals surface area contributed by atoms with Gasteiger partial charge in [0.05, 0.1) is 18.8 Å². The molecule has 0 saturated carbocycles. The number of carboxylic acid groups (broad SMARTS) is 1. The normalized spacial score (nSPS) is 10.8. The number of rotatable bonds is 5. The zero-order valence-corrected chi connectivity index (χ0v) is 11.1. The van der Waals surface area contributed by atoms with Crippen molar-refractivity contribution in [2.24, 2.45) is 0 Å². The summed E-state index contributed by atoms with van der Waals surface area (Å²) >= 11 is 0. The van der Waals surface area contributed by atoms with Gasteiger partial charge in [0.1, 0.15) is 5.82 Å². The highest BCUT2D eigenvalue weighted by Gasteiger charge is 2.19. The number of aromatic nitrogens is 3. The number of aryl methyl sites for hydroxylation is 1. The van der Waals surface area contributed by atoms with Crippen LogP contribution in [-0.2, 0) is 17.9 Å². The Bertz CT molecular complexity index is 640. The summed E-state index contributed by atoms with van der Waals surface area (Å²) < 4.78 is 19.7. The Morgan fingerprint density at radius 3 is 2.90 bits per heavy atom. The van der Waals surface area contributed by atoms with Crippen LogP contribution in [0, 0.1) is 12.7 Å². The zero-order chi connectivity index (χ0) is 14.7. The quantitative estimate of drug-likeness (QED) is 0.899. The Hall–Kier alpha value is -2.28. The summed E-state index contributed by atoms with van der Waals surface area (Å²) in [5, 5.41) is 16.5. The summed E-state index contributed by atoms with van der Waals surface area (Å²) in [5.74, 6) is -1.52. The van der Waals surface area contributed by atoms with Crippen molar-refractivity contribution in [3.05, 3.63) is 46.5 Å². The summed E-state index contributed by atoms with van der Waals surface area (Å²) in [7, 11) is 1.45. The molecule has 0 aliphatic carbocycles. The molecule has 1 heterocycles. The van der Waals surface area contributed by atoms with Crippen molar-refractivity contribution in [1.29, 1.82) is 0 Å². The molecule has 2 rings (SSSR count). The van der Waals surface area contributed by atoms with Gasteiger partial charge in [-0.1, -0.05) is 11.3 Å². The predicted molar refractivity (Wildman–Crippen MR) is 67.9 cm³/mol. The van der Waals surface area contributed by atoms with Crippen LogP contribution in [0.4, 0.5) is 4.39 Å². The molecule has 7 heteroatoms. The van der Waals surface area contributed by atoms with Gasteiger partial charge in [0.25, 0.3) is 0 Å². The maximum atomic E-state index is 13.3. The van der Waals surface area contributed by atoms with Crippen LogP contribution in [0.25, 0.3) is 0 Å². The Balaban J connectivity index is 2.38. The number of carboxylic acids is 1. The number of halogens is 1. The van der Waals surface area contributed by atoms with Gasteiger partial charge in [-0.3, -0.25) is 0 Å². The van der Waals surface area contributed by atoms with Gasteiger partial charge in [-0.05, 0) is 30.2 Å². The van der Waals surface area contributed by atoms with E-state index in [0.717, 1.165) is 5.56 Å². The highest BCUT2D eigenvalue weighted by atomic mass is 19.1. The summed E-state index contributed by atoms with van der Waals surface area (Å²) in [6.07, 6.45) is 0. The van der Waals surface area contributed by atoms with Gasteiger partial charge in [-0.15, -0.1) is 5.10 Å². The molecule has 1 aromatic heterocycles. The van der Waals surface area contributed by atoms with Crippen LogP contribution in [0.3, 0.4) is 0 Å². The molecular weight excluding hydrogens is 265 g/mol. The van der Waals surface area contributed by atoms with Gasteiger partial charge in [0.2, 0.25) is 0 Å². The van der Waals surface area contributed by atoms with E-state index < -0.39 is 5.97 Å². The lowest BCUT2D eigenvalue weighted by atomic mass is 10.1. The molecule has 0 aliphatic heterocycles. The molecule has 20 heavy (non-hydrogen) atoms. The van der Waals surface area contributed by atoms with Crippen molar-refractivity contribution >= 4 is 5.97 Å². The molecule has 0 fully saturated rings. The second-order valence-electron chi connectivity index (χ2n) is 4.35. The number of methoxy groups -OCH3 is 1. The third-order valence-electron chi connectivity index (χ3n) is 2.95. The Kier molecular flexibility index (Phi) is 4.09. The Morgan fingerprint density at radius 2 is 2.25 bits per heavy atom. The van der Waals surface area contributed by atoms with E-state index in [9.17, 15) is 9.18 Å². The number of benzene rings is 1. The lowest BCUT2D eigenvalue weighted by Crippen LogP contribution is -2.11. The first kappa shape index (κ1) is 14.1. The largest absolute Gasteiger partial charge is 0.476 e. The molecule has 0 aliphatic rings. The first-order valence-corrected chi connectivity index (χ1v) is 5.92. The number of hydrogen-bond acceptors (Lipinski definition) is 4. The lowest BCUT2D eigenvalue weighted by Gasteiger charge is -2.09. The average Bonchev–Trinajstić information content (AvgIpc) is 2.78. The molecule has 0 unspecified atom stereocenters. The van der Waals surface area contributed by atoms with E-state index in [1.54, 1.807) is 6.07 Å². The fraction of sp³-hybridized carbons (Fsp3) is 0.308. The fourth-order valence-corrected chi connectivity index (χ4v) is 1.88. The number of hydrogen-bond donors (Lipinski definition) is 1. The highest BCUT2D eigenvalue weighted by Crippen LogP contribution is 2.14. The van der Waals surface area contributed by atoms with Crippen molar-refractivity contribution in [3.63, 3.8) is 0 Å². The van der Waals surface area contributed by atoms with Gasteiger partial charge in [0, 0.05) is 7.11 Å². The van der Waals surface area contributed by atoms with E-state index in [4.69, 9.17) is 9.84 Å². The van der Waals surface area contributed by atoms with Crippen LogP contribution < -0.4 is 0 Å². The summed E-state index contributed by atoms with van der Waals surface area (Å²) in [4.78, 5) is 11.1.